The van der Waals surface area contributed by atoms with Gasteiger partial charge in [0.15, 0.2) is 0 Å². The minimum atomic E-state index is 0. The molecule has 0 aliphatic heterocycles. The minimum absolute atomic E-state index is 0. The van der Waals surface area contributed by atoms with Crippen LogP contribution in [0.1, 0.15) is 15.7 Å². The van der Waals surface area contributed by atoms with Gasteiger partial charge in [0.05, 0.1) is 17.1 Å². The van der Waals surface area contributed by atoms with Crippen molar-refractivity contribution in [2.45, 2.75) is 13.3 Å². The van der Waals surface area contributed by atoms with Crippen molar-refractivity contribution in [3.63, 3.8) is 0 Å². The lowest BCUT2D eigenvalue weighted by Gasteiger charge is -1.94. The van der Waals surface area contributed by atoms with Crippen LogP contribution in [0.15, 0.2) is 41.2 Å². The van der Waals surface area contributed by atoms with Gasteiger partial charge in [0, 0.05) is 39.1 Å². The topological polar surface area (TPSA) is 41.6 Å². The molecule has 1 N–H and O–H groups in total. The third-order valence-corrected chi connectivity index (χ3v) is 5.20. The van der Waals surface area contributed by atoms with Crippen LogP contribution in [0.3, 0.4) is 0 Å². The number of nitrogens with one attached hydrogen (secondary N) is 1. The van der Waals surface area contributed by atoms with Crippen molar-refractivity contribution < 1.29 is 0 Å². The lowest BCUT2D eigenvalue weighted by Crippen LogP contribution is -1.86. The highest BCUT2D eigenvalue weighted by Gasteiger charge is 2.11. The standard InChI is InChI=1S/C16H13N3S2.ClH/c1-10-8-20-15(18-10)6-16-19-14(9-21-16)12-7-17-13-5-3-2-4-11(12)13;/h2-5,7-9,17H,6H2,1H3;1H. The Labute approximate surface area is 142 Å². The molecule has 0 bridgehead atoms. The number of aryl methyl sites for hydroxylation is 1. The summed E-state index contributed by atoms with van der Waals surface area (Å²) < 4.78 is 0. The predicted molar refractivity (Wildman–Crippen MR) is 96.3 cm³/mol. The Kier molecular flexibility index (Phi) is 4.29. The fraction of sp³-hybridized carbons (Fsp3) is 0.125. The quantitative estimate of drug-likeness (QED) is 0.562. The Balaban J connectivity index is 0.00000144. The van der Waals surface area contributed by atoms with Crippen LogP contribution in [0.4, 0.5) is 0 Å². The number of benzene rings is 1. The molecule has 3 nitrogen and oxygen atoms in total. The Hall–Kier alpha value is -1.69. The van der Waals surface area contributed by atoms with E-state index >= 15 is 0 Å². The van der Waals surface area contributed by atoms with Crippen molar-refractivity contribution in [3.05, 3.63) is 56.9 Å². The number of aromatic nitrogens is 3. The van der Waals surface area contributed by atoms with Gasteiger partial charge in [-0.2, -0.15) is 0 Å². The highest BCUT2D eigenvalue weighted by atomic mass is 35.5. The van der Waals surface area contributed by atoms with Crippen molar-refractivity contribution >= 4 is 46.0 Å². The second-order valence-electron chi connectivity index (χ2n) is 4.93. The first-order valence-electron chi connectivity index (χ1n) is 6.71. The smallest absolute Gasteiger partial charge is 0.100 e. The van der Waals surface area contributed by atoms with E-state index in [4.69, 9.17) is 4.98 Å². The van der Waals surface area contributed by atoms with Crippen molar-refractivity contribution in [2.24, 2.45) is 0 Å². The number of halogens is 1. The lowest BCUT2D eigenvalue weighted by atomic mass is 10.1. The van der Waals surface area contributed by atoms with E-state index in [-0.39, 0.29) is 12.4 Å². The van der Waals surface area contributed by atoms with E-state index in [0.29, 0.717) is 0 Å². The second kappa shape index (κ2) is 6.20. The summed E-state index contributed by atoms with van der Waals surface area (Å²) in [7, 11) is 0. The lowest BCUT2D eigenvalue weighted by molar-refractivity contribution is 1.08. The van der Waals surface area contributed by atoms with E-state index in [1.807, 2.05) is 19.2 Å². The van der Waals surface area contributed by atoms with E-state index in [9.17, 15) is 0 Å². The van der Waals surface area contributed by atoms with Gasteiger partial charge in [0.2, 0.25) is 0 Å². The number of H-pyrrole nitrogens is 1. The van der Waals surface area contributed by atoms with E-state index in [0.717, 1.165) is 33.3 Å². The number of fused-ring (bicyclic) bond motifs is 1. The Morgan fingerprint density at radius 2 is 1.82 bits per heavy atom. The van der Waals surface area contributed by atoms with Crippen LogP contribution in [0.2, 0.25) is 0 Å². The maximum absolute atomic E-state index is 4.77. The summed E-state index contributed by atoms with van der Waals surface area (Å²) in [4.78, 5) is 12.6. The number of aromatic amines is 1. The molecular formula is C16H14ClN3S2. The Morgan fingerprint density at radius 1 is 1.05 bits per heavy atom. The molecule has 0 amide bonds. The Morgan fingerprint density at radius 3 is 2.64 bits per heavy atom. The molecule has 0 spiro atoms. The molecule has 4 rings (SSSR count). The summed E-state index contributed by atoms with van der Waals surface area (Å²) >= 11 is 3.41. The maximum Gasteiger partial charge on any atom is 0.100 e. The van der Waals surface area contributed by atoms with Crippen LogP contribution in [0, 0.1) is 6.92 Å². The van der Waals surface area contributed by atoms with Gasteiger partial charge in [-0.15, -0.1) is 35.1 Å². The molecule has 0 aliphatic rings. The molecule has 112 valence electrons. The van der Waals surface area contributed by atoms with Crippen LogP contribution < -0.4 is 0 Å². The fourth-order valence-electron chi connectivity index (χ4n) is 2.41. The maximum atomic E-state index is 4.77. The molecule has 0 unspecified atom stereocenters. The second-order valence-corrected chi connectivity index (χ2v) is 6.82. The molecule has 3 heterocycles. The predicted octanol–water partition coefficient (Wildman–Crippen LogP) is 5.07. The van der Waals surface area contributed by atoms with Crippen molar-refractivity contribution in [2.75, 3.05) is 0 Å². The average Bonchev–Trinajstić information content (AvgIpc) is 3.19. The zero-order valence-corrected chi connectivity index (χ0v) is 14.3. The Bertz CT molecular complexity index is 907. The van der Waals surface area contributed by atoms with E-state index in [1.54, 1.807) is 22.7 Å². The van der Waals surface area contributed by atoms with Crippen LogP contribution in [0.5, 0.6) is 0 Å². The van der Waals surface area contributed by atoms with Gasteiger partial charge in [0.25, 0.3) is 0 Å². The van der Waals surface area contributed by atoms with Crippen LogP contribution >= 0.6 is 35.1 Å². The third kappa shape index (κ3) is 2.79. The molecular weight excluding hydrogens is 334 g/mol. The molecule has 0 atom stereocenters. The van der Waals surface area contributed by atoms with Gasteiger partial charge in [-0.3, -0.25) is 0 Å². The highest BCUT2D eigenvalue weighted by molar-refractivity contribution is 7.11. The summed E-state index contributed by atoms with van der Waals surface area (Å²) in [5.41, 5.74) is 4.45. The molecule has 0 aliphatic carbocycles. The van der Waals surface area contributed by atoms with E-state index in [2.05, 4.69) is 38.9 Å². The molecule has 0 saturated heterocycles. The summed E-state index contributed by atoms with van der Waals surface area (Å²) in [5, 5.41) is 7.69. The van der Waals surface area contributed by atoms with Gasteiger partial charge in [-0.25, -0.2) is 9.97 Å². The normalized spacial score (nSPS) is 10.8. The zero-order chi connectivity index (χ0) is 14.2. The fourth-order valence-corrected chi connectivity index (χ4v) is 4.08. The van der Waals surface area contributed by atoms with Crippen LogP contribution in [-0.2, 0) is 6.42 Å². The monoisotopic (exact) mass is 347 g/mol. The molecule has 22 heavy (non-hydrogen) atoms. The molecule has 0 saturated carbocycles. The van der Waals surface area contributed by atoms with Gasteiger partial charge in [-0.05, 0) is 13.0 Å². The van der Waals surface area contributed by atoms with Crippen LogP contribution in [-0.4, -0.2) is 15.0 Å². The minimum Gasteiger partial charge on any atom is -0.360 e. The van der Waals surface area contributed by atoms with E-state index in [1.165, 1.54) is 10.9 Å². The average molecular weight is 348 g/mol. The third-order valence-electron chi connectivity index (χ3n) is 3.39. The summed E-state index contributed by atoms with van der Waals surface area (Å²) in [6.45, 7) is 2.03. The molecule has 4 aromatic rings. The number of nitrogens with zero attached hydrogens (tertiary/aromatic N) is 2. The largest absolute Gasteiger partial charge is 0.360 e. The number of rotatable bonds is 3. The highest BCUT2D eigenvalue weighted by Crippen LogP contribution is 2.30. The van der Waals surface area contributed by atoms with Gasteiger partial charge >= 0.3 is 0 Å². The summed E-state index contributed by atoms with van der Waals surface area (Å²) in [6, 6.07) is 8.32. The molecule has 1 aromatic carbocycles. The number of thiazole rings is 2. The van der Waals surface area contributed by atoms with Crippen molar-refractivity contribution in [3.8, 4) is 11.3 Å². The van der Waals surface area contributed by atoms with Crippen molar-refractivity contribution in [1.82, 2.24) is 15.0 Å². The SMILES string of the molecule is Cc1csc(Cc2nc(-c3c[nH]c4ccccc34)cs2)n1.Cl. The summed E-state index contributed by atoms with van der Waals surface area (Å²) in [5.74, 6) is 0. The molecule has 0 fully saturated rings. The first-order chi connectivity index (χ1) is 10.3. The van der Waals surface area contributed by atoms with Crippen molar-refractivity contribution in [1.29, 1.82) is 0 Å². The molecule has 3 aromatic heterocycles. The van der Waals surface area contributed by atoms with Gasteiger partial charge in [0.1, 0.15) is 5.01 Å². The number of para-hydroxylation sites is 1. The number of hydrogen-bond acceptors (Lipinski definition) is 4. The van der Waals surface area contributed by atoms with Crippen LogP contribution in [0.25, 0.3) is 22.2 Å². The molecule has 6 heteroatoms. The number of hydrogen-bond donors (Lipinski definition) is 1. The first-order valence-corrected chi connectivity index (χ1v) is 8.47. The summed E-state index contributed by atoms with van der Waals surface area (Å²) in [6.07, 6.45) is 2.86. The van der Waals surface area contributed by atoms with E-state index < -0.39 is 0 Å². The molecule has 0 radical (unpaired) electrons. The van der Waals surface area contributed by atoms with Gasteiger partial charge < -0.3 is 4.98 Å². The first kappa shape index (κ1) is 15.2. The zero-order valence-electron chi connectivity index (χ0n) is 11.9. The van der Waals surface area contributed by atoms with Gasteiger partial charge in [-0.1, -0.05) is 18.2 Å².